The molecule has 6 nitrogen and oxygen atoms in total. The van der Waals surface area contributed by atoms with Gasteiger partial charge in [-0.3, -0.25) is 0 Å². The highest BCUT2D eigenvalue weighted by Gasteiger charge is 2.36. The molecule has 150 valence electrons. The summed E-state index contributed by atoms with van der Waals surface area (Å²) in [5.41, 5.74) is -0.825. The van der Waals surface area contributed by atoms with Gasteiger partial charge in [-0.15, -0.1) is 0 Å². The van der Waals surface area contributed by atoms with Gasteiger partial charge in [-0.25, -0.2) is 22.5 Å². The minimum atomic E-state index is -4.73. The van der Waals surface area contributed by atoms with Crippen LogP contribution < -0.4 is 0 Å². The Balaban J connectivity index is 1.90. The highest BCUT2D eigenvalue weighted by atomic mass is 32.2. The van der Waals surface area contributed by atoms with Crippen LogP contribution in [0.25, 0.3) is 28.4 Å². The van der Waals surface area contributed by atoms with E-state index in [2.05, 4.69) is 10.1 Å². The molecule has 4 rings (SSSR count). The van der Waals surface area contributed by atoms with E-state index >= 15 is 0 Å². The van der Waals surface area contributed by atoms with Gasteiger partial charge in [-0.05, 0) is 36.4 Å². The Hall–Kier alpha value is -3.21. The van der Waals surface area contributed by atoms with Crippen LogP contribution in [0.2, 0.25) is 0 Å². The van der Waals surface area contributed by atoms with Crippen molar-refractivity contribution in [1.82, 2.24) is 14.8 Å². The quantitative estimate of drug-likeness (QED) is 0.459. The van der Waals surface area contributed by atoms with Gasteiger partial charge in [0, 0.05) is 18.4 Å². The van der Waals surface area contributed by atoms with E-state index in [1.54, 1.807) is 0 Å². The first kappa shape index (κ1) is 19.1. The lowest BCUT2D eigenvalue weighted by Crippen LogP contribution is -2.07. The van der Waals surface area contributed by atoms with Crippen LogP contribution in [0, 0.1) is 5.82 Å². The van der Waals surface area contributed by atoms with E-state index in [-0.39, 0.29) is 33.3 Å². The summed E-state index contributed by atoms with van der Waals surface area (Å²) in [6, 6.07) is 9.45. The average molecular weight is 425 g/mol. The average Bonchev–Trinajstić information content (AvgIpc) is 3.24. The van der Waals surface area contributed by atoms with Gasteiger partial charge in [0.1, 0.15) is 17.0 Å². The van der Waals surface area contributed by atoms with Crippen molar-refractivity contribution in [3.05, 3.63) is 60.0 Å². The first-order chi connectivity index (χ1) is 13.5. The van der Waals surface area contributed by atoms with Gasteiger partial charge in [0.05, 0.1) is 10.6 Å². The molecular weight excluding hydrogens is 414 g/mol. The molecule has 0 bridgehead atoms. The lowest BCUT2D eigenvalue weighted by molar-refractivity contribution is -0.141. The Labute approximate surface area is 161 Å². The molecule has 0 amide bonds. The molecule has 4 aromatic rings. The van der Waals surface area contributed by atoms with Crippen molar-refractivity contribution in [2.24, 2.45) is 0 Å². The number of rotatable bonds is 3. The third-order valence-corrected chi connectivity index (χ3v) is 5.21. The fourth-order valence-corrected chi connectivity index (χ4v) is 3.34. The molecule has 0 aliphatic carbocycles. The number of alkyl halides is 3. The van der Waals surface area contributed by atoms with Crippen LogP contribution in [0.15, 0.2) is 57.8 Å². The Morgan fingerprint density at radius 3 is 2.34 bits per heavy atom. The second-order valence-corrected chi connectivity index (χ2v) is 8.24. The maximum atomic E-state index is 13.4. The monoisotopic (exact) mass is 425 g/mol. The van der Waals surface area contributed by atoms with Gasteiger partial charge in [-0.1, -0.05) is 0 Å². The van der Waals surface area contributed by atoms with Crippen molar-refractivity contribution in [2.75, 3.05) is 6.26 Å². The summed E-state index contributed by atoms with van der Waals surface area (Å²) >= 11 is 0. The van der Waals surface area contributed by atoms with Crippen LogP contribution in [0.4, 0.5) is 17.6 Å². The molecule has 0 aliphatic heterocycles. The minimum absolute atomic E-state index is 0.00309. The zero-order chi connectivity index (χ0) is 21.0. The molecule has 0 saturated carbocycles. The Morgan fingerprint density at radius 2 is 1.72 bits per heavy atom. The van der Waals surface area contributed by atoms with Crippen molar-refractivity contribution in [3.63, 3.8) is 0 Å². The van der Waals surface area contributed by atoms with Crippen molar-refractivity contribution in [1.29, 1.82) is 0 Å². The maximum absolute atomic E-state index is 13.4. The highest BCUT2D eigenvalue weighted by molar-refractivity contribution is 7.90. The van der Waals surface area contributed by atoms with Crippen LogP contribution in [-0.2, 0) is 16.0 Å². The molecule has 0 radical (unpaired) electrons. The molecule has 0 spiro atoms. The van der Waals surface area contributed by atoms with Crippen LogP contribution in [0.3, 0.4) is 0 Å². The number of hydrogen-bond donors (Lipinski definition) is 0. The number of oxazole rings is 1. The number of sulfone groups is 1. The fraction of sp³-hybridized carbons (Fsp3) is 0.111. The number of nitrogens with zero attached hydrogens (tertiary/aromatic N) is 3. The summed E-state index contributed by atoms with van der Waals surface area (Å²) in [6.45, 7) is 0. The lowest BCUT2D eigenvalue weighted by Gasteiger charge is -2.06. The maximum Gasteiger partial charge on any atom is 0.435 e. The number of hydrogen-bond acceptors (Lipinski definition) is 5. The number of fused-ring (bicyclic) bond motifs is 1. The highest BCUT2D eigenvalue weighted by Crippen LogP contribution is 2.34. The summed E-state index contributed by atoms with van der Waals surface area (Å²) < 4.78 is 82.7. The van der Waals surface area contributed by atoms with Gasteiger partial charge in [-0.2, -0.15) is 18.3 Å². The topological polar surface area (TPSA) is 78.0 Å². The van der Waals surface area contributed by atoms with Gasteiger partial charge in [0.2, 0.25) is 5.89 Å². The second-order valence-electron chi connectivity index (χ2n) is 6.22. The van der Waals surface area contributed by atoms with Crippen LogP contribution in [-0.4, -0.2) is 29.4 Å². The summed E-state index contributed by atoms with van der Waals surface area (Å²) in [7, 11) is -3.48. The Kier molecular flexibility index (Phi) is 4.23. The van der Waals surface area contributed by atoms with Gasteiger partial charge >= 0.3 is 6.18 Å². The normalized spacial score (nSPS) is 12.6. The van der Waals surface area contributed by atoms with E-state index in [9.17, 15) is 26.0 Å². The molecule has 11 heteroatoms. The lowest BCUT2D eigenvalue weighted by atomic mass is 10.3. The van der Waals surface area contributed by atoms with Gasteiger partial charge in [0.25, 0.3) is 0 Å². The second kappa shape index (κ2) is 6.41. The predicted molar refractivity (Wildman–Crippen MR) is 94.6 cm³/mol. The molecule has 2 aromatic heterocycles. The van der Waals surface area contributed by atoms with E-state index in [4.69, 9.17) is 4.42 Å². The molecule has 2 heterocycles. The largest absolute Gasteiger partial charge is 0.435 e. The Bertz CT molecular complexity index is 1320. The number of benzene rings is 2. The fourth-order valence-electron chi connectivity index (χ4n) is 2.71. The molecular formula is C18H11F4N3O3S. The van der Waals surface area contributed by atoms with Crippen LogP contribution in [0.1, 0.15) is 5.69 Å². The molecule has 0 saturated heterocycles. The van der Waals surface area contributed by atoms with Crippen molar-refractivity contribution in [2.45, 2.75) is 11.1 Å². The third-order valence-electron chi connectivity index (χ3n) is 4.08. The summed E-state index contributed by atoms with van der Waals surface area (Å²) in [5, 5.41) is 3.58. The van der Waals surface area contributed by atoms with Gasteiger partial charge < -0.3 is 4.42 Å². The standard InChI is InChI=1S/C18H11F4N3O3S/c1-29(26,27)12-5-3-11(4-6-12)25-14(9-16(24-25)18(20,21)22)17-23-13-7-2-10(19)8-15(13)28-17/h2-9H,1H3. The van der Waals surface area contributed by atoms with Crippen LogP contribution >= 0.6 is 0 Å². The van der Waals surface area contributed by atoms with E-state index in [1.807, 2.05) is 0 Å². The first-order valence-corrected chi connectivity index (χ1v) is 9.96. The smallest absolute Gasteiger partial charge is 0.435 e. The van der Waals surface area contributed by atoms with E-state index in [0.717, 1.165) is 29.1 Å². The Morgan fingerprint density at radius 1 is 1.03 bits per heavy atom. The molecule has 0 aliphatic rings. The molecule has 0 N–H and O–H groups in total. The van der Waals surface area contributed by atoms with Crippen molar-refractivity contribution in [3.8, 4) is 17.3 Å². The number of aromatic nitrogens is 3. The third kappa shape index (κ3) is 3.60. The number of halogens is 4. The van der Waals surface area contributed by atoms with E-state index in [1.165, 1.54) is 30.3 Å². The first-order valence-electron chi connectivity index (χ1n) is 8.06. The minimum Gasteiger partial charge on any atom is -0.435 e. The SMILES string of the molecule is CS(=O)(=O)c1ccc(-n2nc(C(F)(F)F)cc2-c2nc3ccc(F)cc3o2)cc1. The van der Waals surface area contributed by atoms with Gasteiger partial charge in [0.15, 0.2) is 21.1 Å². The molecule has 0 unspecified atom stereocenters. The van der Waals surface area contributed by atoms with E-state index < -0.39 is 27.5 Å². The summed E-state index contributed by atoms with van der Waals surface area (Å²) in [5.74, 6) is -0.776. The summed E-state index contributed by atoms with van der Waals surface area (Å²) in [4.78, 5) is 4.11. The molecule has 2 aromatic carbocycles. The molecule has 0 fully saturated rings. The zero-order valence-corrected chi connectivity index (χ0v) is 15.4. The molecule has 29 heavy (non-hydrogen) atoms. The zero-order valence-electron chi connectivity index (χ0n) is 14.6. The van der Waals surface area contributed by atoms with Crippen molar-refractivity contribution >= 4 is 20.9 Å². The predicted octanol–water partition coefficient (Wildman–Crippen LogP) is 4.24. The summed E-state index contributed by atoms with van der Waals surface area (Å²) in [6.07, 6.45) is -3.72. The van der Waals surface area contributed by atoms with Crippen LogP contribution in [0.5, 0.6) is 0 Å². The van der Waals surface area contributed by atoms with Crippen molar-refractivity contribution < 1.29 is 30.4 Å². The molecule has 0 atom stereocenters. The van der Waals surface area contributed by atoms with E-state index in [0.29, 0.717) is 0 Å².